The van der Waals surface area contributed by atoms with E-state index >= 15 is 0 Å². The Morgan fingerprint density at radius 1 is 1.06 bits per heavy atom. The third kappa shape index (κ3) is 2.74. The number of benzene rings is 1. The van der Waals surface area contributed by atoms with Crippen molar-refractivity contribution in [3.8, 4) is 0 Å². The van der Waals surface area contributed by atoms with Gasteiger partial charge in [-0.25, -0.2) is 9.97 Å². The van der Waals surface area contributed by atoms with Crippen molar-refractivity contribution >= 4 is 29.0 Å². The maximum Gasteiger partial charge on any atom is 0.171 e. The van der Waals surface area contributed by atoms with Gasteiger partial charge in [-0.3, -0.25) is 0 Å². The van der Waals surface area contributed by atoms with Crippen LogP contribution in [-0.2, 0) is 0 Å². The minimum absolute atomic E-state index is 0.136. The fourth-order valence-electron chi connectivity index (χ4n) is 1.70. The molecule has 0 saturated carbocycles. The molecule has 0 bridgehead atoms. The van der Waals surface area contributed by atoms with Crippen LogP contribution in [0.4, 0.5) is 5.82 Å². The molecule has 3 nitrogen and oxygen atoms in total. The fourth-order valence-corrected chi connectivity index (χ4v) is 2.06. The Morgan fingerprint density at radius 3 is 2.28 bits per heavy atom. The van der Waals surface area contributed by atoms with Gasteiger partial charge in [-0.05, 0) is 24.6 Å². The average Bonchev–Trinajstić information content (AvgIpc) is 2.38. The molecule has 0 aliphatic carbocycles. The van der Waals surface area contributed by atoms with E-state index in [1.807, 2.05) is 36.2 Å². The van der Waals surface area contributed by atoms with E-state index in [2.05, 4.69) is 16.9 Å². The summed E-state index contributed by atoms with van der Waals surface area (Å²) in [5.74, 6) is 0.668. The molecule has 1 aromatic heterocycles. The molecule has 0 amide bonds. The summed E-state index contributed by atoms with van der Waals surface area (Å²) in [5.41, 5.74) is 1.14. The Kier molecular flexibility index (Phi) is 4.04. The molecule has 5 heteroatoms. The Hall–Kier alpha value is -1.32. The predicted molar refractivity (Wildman–Crippen MR) is 75.3 cm³/mol. The van der Waals surface area contributed by atoms with Crippen LogP contribution < -0.4 is 4.90 Å². The van der Waals surface area contributed by atoms with E-state index in [0.717, 1.165) is 10.6 Å². The molecule has 0 N–H and O–H groups in total. The van der Waals surface area contributed by atoms with E-state index in [-0.39, 0.29) is 6.04 Å². The summed E-state index contributed by atoms with van der Waals surface area (Å²) in [6.07, 6.45) is 3.21. The van der Waals surface area contributed by atoms with Crippen LogP contribution in [0.1, 0.15) is 18.5 Å². The summed E-state index contributed by atoms with van der Waals surface area (Å²) in [4.78, 5) is 10.3. The van der Waals surface area contributed by atoms with Gasteiger partial charge in [0.2, 0.25) is 0 Å². The largest absolute Gasteiger partial charge is 0.350 e. The number of hydrogen-bond donors (Lipinski definition) is 0. The summed E-state index contributed by atoms with van der Waals surface area (Å²) >= 11 is 11.9. The number of anilines is 1. The van der Waals surface area contributed by atoms with Crippen molar-refractivity contribution in [2.45, 2.75) is 13.0 Å². The molecule has 2 rings (SSSR count). The number of nitrogens with zero attached hydrogens (tertiary/aromatic N) is 3. The normalized spacial score (nSPS) is 12.2. The van der Waals surface area contributed by atoms with Gasteiger partial charge in [0.15, 0.2) is 11.0 Å². The number of hydrogen-bond acceptors (Lipinski definition) is 3. The SMILES string of the molecule is CC(c1ccc(Cl)cc1)N(C)c1nccnc1Cl. The Morgan fingerprint density at radius 2 is 1.67 bits per heavy atom. The van der Waals surface area contributed by atoms with E-state index in [1.165, 1.54) is 0 Å². The summed E-state index contributed by atoms with van der Waals surface area (Å²) in [7, 11) is 1.94. The standard InChI is InChI=1S/C13H13Cl2N3/c1-9(10-3-5-11(14)6-4-10)18(2)13-12(15)16-7-8-17-13/h3-9H,1-2H3. The minimum Gasteiger partial charge on any atom is -0.350 e. The second kappa shape index (κ2) is 5.55. The van der Waals surface area contributed by atoms with Crippen LogP contribution in [0.25, 0.3) is 0 Å². The lowest BCUT2D eigenvalue weighted by molar-refractivity contribution is 0.726. The van der Waals surface area contributed by atoms with Gasteiger partial charge < -0.3 is 4.90 Å². The number of halogens is 2. The van der Waals surface area contributed by atoms with Crippen molar-refractivity contribution in [3.05, 3.63) is 52.4 Å². The monoisotopic (exact) mass is 281 g/mol. The highest BCUT2D eigenvalue weighted by atomic mass is 35.5. The number of aromatic nitrogens is 2. The Balaban J connectivity index is 2.26. The lowest BCUT2D eigenvalue weighted by Crippen LogP contribution is -2.23. The quantitative estimate of drug-likeness (QED) is 0.852. The van der Waals surface area contributed by atoms with E-state index in [9.17, 15) is 0 Å². The van der Waals surface area contributed by atoms with Gasteiger partial charge in [0, 0.05) is 24.5 Å². The highest BCUT2D eigenvalue weighted by Crippen LogP contribution is 2.28. The van der Waals surface area contributed by atoms with Crippen molar-refractivity contribution in [1.82, 2.24) is 9.97 Å². The highest BCUT2D eigenvalue weighted by Gasteiger charge is 2.16. The van der Waals surface area contributed by atoms with Gasteiger partial charge in [-0.15, -0.1) is 0 Å². The molecule has 0 radical (unpaired) electrons. The van der Waals surface area contributed by atoms with Crippen LogP contribution in [0.3, 0.4) is 0 Å². The fraction of sp³-hybridized carbons (Fsp3) is 0.231. The summed E-state index contributed by atoms with van der Waals surface area (Å²) in [5, 5.41) is 1.13. The first-order valence-electron chi connectivity index (χ1n) is 5.54. The first-order chi connectivity index (χ1) is 8.59. The smallest absolute Gasteiger partial charge is 0.171 e. The molecule has 0 spiro atoms. The lowest BCUT2D eigenvalue weighted by Gasteiger charge is -2.26. The summed E-state index contributed by atoms with van der Waals surface area (Å²) in [6, 6.07) is 7.87. The van der Waals surface area contributed by atoms with Gasteiger partial charge in [-0.2, -0.15) is 0 Å². The van der Waals surface area contributed by atoms with Crippen LogP contribution in [0, 0.1) is 0 Å². The van der Waals surface area contributed by atoms with Crippen molar-refractivity contribution in [2.75, 3.05) is 11.9 Å². The Bertz CT molecular complexity index is 528. The van der Waals surface area contributed by atoms with Gasteiger partial charge in [0.1, 0.15) is 0 Å². The molecular weight excluding hydrogens is 269 g/mol. The van der Waals surface area contributed by atoms with Crippen molar-refractivity contribution in [1.29, 1.82) is 0 Å². The van der Waals surface area contributed by atoms with E-state index in [1.54, 1.807) is 12.4 Å². The van der Waals surface area contributed by atoms with E-state index < -0.39 is 0 Å². The van der Waals surface area contributed by atoms with Crippen LogP contribution >= 0.6 is 23.2 Å². The Labute approximate surface area is 116 Å². The van der Waals surface area contributed by atoms with Crippen LogP contribution in [-0.4, -0.2) is 17.0 Å². The summed E-state index contributed by atoms with van der Waals surface area (Å²) < 4.78 is 0. The van der Waals surface area contributed by atoms with Gasteiger partial charge >= 0.3 is 0 Å². The van der Waals surface area contributed by atoms with Gasteiger partial charge in [-0.1, -0.05) is 35.3 Å². The second-order valence-electron chi connectivity index (χ2n) is 4.01. The average molecular weight is 282 g/mol. The van der Waals surface area contributed by atoms with Crippen LogP contribution in [0.15, 0.2) is 36.7 Å². The maximum absolute atomic E-state index is 6.04. The zero-order valence-corrected chi connectivity index (χ0v) is 11.7. The van der Waals surface area contributed by atoms with Crippen molar-refractivity contribution < 1.29 is 0 Å². The maximum atomic E-state index is 6.04. The molecule has 0 fully saturated rings. The molecule has 0 aliphatic rings. The summed E-state index contributed by atoms with van der Waals surface area (Å²) in [6.45, 7) is 2.08. The van der Waals surface area contributed by atoms with E-state index in [4.69, 9.17) is 23.2 Å². The molecule has 1 unspecified atom stereocenters. The molecule has 0 aliphatic heterocycles. The van der Waals surface area contributed by atoms with Crippen molar-refractivity contribution in [2.24, 2.45) is 0 Å². The predicted octanol–water partition coefficient (Wildman–Crippen LogP) is 3.98. The van der Waals surface area contributed by atoms with Crippen LogP contribution in [0.5, 0.6) is 0 Å². The first kappa shape index (κ1) is 13.1. The van der Waals surface area contributed by atoms with Crippen molar-refractivity contribution in [3.63, 3.8) is 0 Å². The molecule has 1 heterocycles. The van der Waals surface area contributed by atoms with Crippen LogP contribution in [0.2, 0.25) is 10.2 Å². The molecule has 0 saturated heterocycles. The zero-order chi connectivity index (χ0) is 13.1. The van der Waals surface area contributed by atoms with Gasteiger partial charge in [0.05, 0.1) is 6.04 Å². The highest BCUT2D eigenvalue weighted by molar-refractivity contribution is 6.31. The third-order valence-corrected chi connectivity index (χ3v) is 3.42. The zero-order valence-electron chi connectivity index (χ0n) is 10.1. The molecule has 1 aromatic carbocycles. The molecule has 94 valence electrons. The van der Waals surface area contributed by atoms with E-state index in [0.29, 0.717) is 11.0 Å². The molecular formula is C13H13Cl2N3. The molecule has 18 heavy (non-hydrogen) atoms. The number of rotatable bonds is 3. The topological polar surface area (TPSA) is 29.0 Å². The minimum atomic E-state index is 0.136. The third-order valence-electron chi connectivity index (χ3n) is 2.90. The molecule has 2 aromatic rings. The molecule has 1 atom stereocenters. The van der Waals surface area contributed by atoms with Gasteiger partial charge in [0.25, 0.3) is 0 Å². The second-order valence-corrected chi connectivity index (χ2v) is 4.80. The first-order valence-corrected chi connectivity index (χ1v) is 6.30. The lowest BCUT2D eigenvalue weighted by atomic mass is 10.1.